The van der Waals surface area contributed by atoms with Gasteiger partial charge in [-0.1, -0.05) is 11.6 Å². The lowest BCUT2D eigenvalue weighted by molar-refractivity contribution is 0.0800. The highest BCUT2D eigenvalue weighted by atomic mass is 35.5. The van der Waals surface area contributed by atoms with Crippen molar-refractivity contribution in [2.45, 2.75) is 12.3 Å². The Hall–Kier alpha value is -0.680. The molecule has 1 aromatic rings. The van der Waals surface area contributed by atoms with Crippen LogP contribution in [0.1, 0.15) is 12.0 Å². The van der Waals surface area contributed by atoms with E-state index in [0.29, 0.717) is 48.8 Å². The second kappa shape index (κ2) is 10.1. The first-order chi connectivity index (χ1) is 9.72. The molecule has 0 aliphatic heterocycles. The molecule has 6 heteroatoms. The summed E-state index contributed by atoms with van der Waals surface area (Å²) in [6.07, 6.45) is 0.866. The lowest BCUT2D eigenvalue weighted by Gasteiger charge is -2.13. The fraction of sp³-hybridized carbons (Fsp3) is 0.571. The largest absolute Gasteiger partial charge is 0.493 e. The maximum absolute atomic E-state index is 6.15. The third kappa shape index (κ3) is 5.75. The molecule has 114 valence electrons. The Morgan fingerprint density at radius 2 is 1.85 bits per heavy atom. The molecule has 0 radical (unpaired) electrons. The third-order valence-electron chi connectivity index (χ3n) is 2.55. The predicted molar refractivity (Wildman–Crippen MR) is 80.4 cm³/mol. The van der Waals surface area contributed by atoms with Crippen LogP contribution in [0.4, 0.5) is 0 Å². The van der Waals surface area contributed by atoms with E-state index in [9.17, 15) is 0 Å². The van der Waals surface area contributed by atoms with Gasteiger partial charge in [0.2, 0.25) is 0 Å². The predicted octanol–water partition coefficient (Wildman–Crippen LogP) is 3.52. The fourth-order valence-electron chi connectivity index (χ4n) is 1.60. The minimum atomic E-state index is 0.374. The van der Waals surface area contributed by atoms with Crippen LogP contribution in [0.25, 0.3) is 0 Å². The van der Waals surface area contributed by atoms with Crippen molar-refractivity contribution in [3.8, 4) is 11.5 Å². The summed E-state index contributed by atoms with van der Waals surface area (Å²) in [7, 11) is 3.24. The SMILES string of the molecule is COCCCOCCOc1c(Cl)cc(CCl)cc1OC. The first-order valence-electron chi connectivity index (χ1n) is 6.34. The van der Waals surface area contributed by atoms with Gasteiger partial charge in [-0.3, -0.25) is 0 Å². The summed E-state index contributed by atoms with van der Waals surface area (Å²) in [5.41, 5.74) is 0.886. The van der Waals surface area contributed by atoms with Crippen LogP contribution in [0, 0.1) is 0 Å². The van der Waals surface area contributed by atoms with E-state index < -0.39 is 0 Å². The van der Waals surface area contributed by atoms with Crippen LogP contribution >= 0.6 is 23.2 Å². The quantitative estimate of drug-likeness (QED) is 0.488. The average Bonchev–Trinajstić information content (AvgIpc) is 2.47. The third-order valence-corrected chi connectivity index (χ3v) is 3.14. The van der Waals surface area contributed by atoms with Crippen molar-refractivity contribution >= 4 is 23.2 Å². The maximum Gasteiger partial charge on any atom is 0.179 e. The van der Waals surface area contributed by atoms with Gasteiger partial charge in [0.25, 0.3) is 0 Å². The molecule has 0 aliphatic carbocycles. The summed E-state index contributed by atoms with van der Waals surface area (Å²) in [6.45, 7) is 2.23. The van der Waals surface area contributed by atoms with E-state index in [1.165, 1.54) is 0 Å². The van der Waals surface area contributed by atoms with E-state index in [2.05, 4.69) is 0 Å². The van der Waals surface area contributed by atoms with Gasteiger partial charge >= 0.3 is 0 Å². The van der Waals surface area contributed by atoms with E-state index >= 15 is 0 Å². The van der Waals surface area contributed by atoms with Crippen LogP contribution in [0.15, 0.2) is 12.1 Å². The first kappa shape index (κ1) is 17.4. The van der Waals surface area contributed by atoms with E-state index in [-0.39, 0.29) is 0 Å². The van der Waals surface area contributed by atoms with Crippen molar-refractivity contribution in [1.29, 1.82) is 0 Å². The summed E-state index contributed by atoms with van der Waals surface area (Å²) < 4.78 is 21.2. The van der Waals surface area contributed by atoms with Gasteiger partial charge in [0.15, 0.2) is 11.5 Å². The Balaban J connectivity index is 2.43. The Morgan fingerprint density at radius 3 is 2.50 bits per heavy atom. The summed E-state index contributed by atoms with van der Waals surface area (Å²) in [5, 5.41) is 0.486. The Kier molecular flexibility index (Phi) is 8.78. The van der Waals surface area contributed by atoms with Crippen molar-refractivity contribution < 1.29 is 18.9 Å². The van der Waals surface area contributed by atoms with Crippen LogP contribution in [-0.2, 0) is 15.4 Å². The lowest BCUT2D eigenvalue weighted by atomic mass is 10.2. The highest BCUT2D eigenvalue weighted by molar-refractivity contribution is 6.32. The molecule has 0 saturated heterocycles. The molecule has 4 nitrogen and oxygen atoms in total. The number of methoxy groups -OCH3 is 2. The molecule has 0 unspecified atom stereocenters. The number of halogens is 2. The molecule has 0 N–H and O–H groups in total. The fourth-order valence-corrected chi connectivity index (χ4v) is 2.04. The minimum absolute atomic E-state index is 0.374. The lowest BCUT2D eigenvalue weighted by Crippen LogP contribution is -2.09. The molecular formula is C14H20Cl2O4. The molecule has 0 aliphatic rings. The molecule has 1 aromatic carbocycles. The number of hydrogen-bond donors (Lipinski definition) is 0. The number of hydrogen-bond acceptors (Lipinski definition) is 4. The summed E-state index contributed by atoms with van der Waals surface area (Å²) in [5.74, 6) is 1.47. The van der Waals surface area contributed by atoms with Crippen LogP contribution in [-0.4, -0.2) is 40.6 Å². The van der Waals surface area contributed by atoms with E-state index in [0.717, 1.165) is 12.0 Å². The monoisotopic (exact) mass is 322 g/mol. The number of ether oxygens (including phenoxy) is 4. The minimum Gasteiger partial charge on any atom is -0.493 e. The second-order valence-corrected chi connectivity index (χ2v) is 4.72. The molecule has 0 saturated carbocycles. The zero-order valence-corrected chi connectivity index (χ0v) is 13.3. The van der Waals surface area contributed by atoms with Gasteiger partial charge in [-0.05, 0) is 24.1 Å². The van der Waals surface area contributed by atoms with Gasteiger partial charge in [-0.15, -0.1) is 11.6 Å². The van der Waals surface area contributed by atoms with Crippen molar-refractivity contribution in [3.63, 3.8) is 0 Å². The van der Waals surface area contributed by atoms with Crippen LogP contribution in [0.2, 0.25) is 5.02 Å². The van der Waals surface area contributed by atoms with E-state index in [4.69, 9.17) is 42.1 Å². The van der Waals surface area contributed by atoms with E-state index in [1.54, 1.807) is 20.3 Å². The normalized spacial score (nSPS) is 10.6. The molecule has 20 heavy (non-hydrogen) atoms. The zero-order valence-electron chi connectivity index (χ0n) is 11.8. The van der Waals surface area contributed by atoms with Gasteiger partial charge in [-0.2, -0.15) is 0 Å². The van der Waals surface area contributed by atoms with Crippen LogP contribution < -0.4 is 9.47 Å². The van der Waals surface area contributed by atoms with Gasteiger partial charge < -0.3 is 18.9 Å². The second-order valence-electron chi connectivity index (χ2n) is 4.05. The van der Waals surface area contributed by atoms with Crippen molar-refractivity contribution in [3.05, 3.63) is 22.7 Å². The Bertz CT molecular complexity index is 399. The van der Waals surface area contributed by atoms with Crippen molar-refractivity contribution in [1.82, 2.24) is 0 Å². The molecular weight excluding hydrogens is 303 g/mol. The molecule has 0 atom stereocenters. The van der Waals surface area contributed by atoms with Crippen LogP contribution in [0.5, 0.6) is 11.5 Å². The summed E-state index contributed by atoms with van der Waals surface area (Å²) in [6, 6.07) is 3.58. The number of benzene rings is 1. The first-order valence-corrected chi connectivity index (χ1v) is 7.26. The smallest absolute Gasteiger partial charge is 0.179 e. The Labute approximate surface area is 129 Å². The van der Waals surface area contributed by atoms with Crippen molar-refractivity contribution in [2.75, 3.05) is 40.6 Å². The zero-order chi connectivity index (χ0) is 14.8. The standard InChI is InChI=1S/C14H20Cl2O4/c1-17-4-3-5-19-6-7-20-14-12(16)8-11(10-15)9-13(14)18-2/h8-9H,3-7,10H2,1-2H3. The molecule has 0 aromatic heterocycles. The summed E-state index contributed by atoms with van der Waals surface area (Å²) in [4.78, 5) is 0. The van der Waals surface area contributed by atoms with Gasteiger partial charge in [0.1, 0.15) is 6.61 Å². The van der Waals surface area contributed by atoms with Gasteiger partial charge in [0, 0.05) is 26.2 Å². The maximum atomic E-state index is 6.15. The molecule has 0 amide bonds. The Morgan fingerprint density at radius 1 is 1.05 bits per heavy atom. The van der Waals surface area contributed by atoms with Crippen molar-refractivity contribution in [2.24, 2.45) is 0 Å². The topological polar surface area (TPSA) is 36.9 Å². The highest BCUT2D eigenvalue weighted by Gasteiger charge is 2.11. The summed E-state index contributed by atoms with van der Waals surface area (Å²) >= 11 is 11.9. The molecule has 0 spiro atoms. The van der Waals surface area contributed by atoms with E-state index in [1.807, 2.05) is 6.07 Å². The molecule has 0 bridgehead atoms. The average molecular weight is 323 g/mol. The van der Waals surface area contributed by atoms with Gasteiger partial charge in [-0.25, -0.2) is 0 Å². The van der Waals surface area contributed by atoms with Gasteiger partial charge in [0.05, 0.1) is 18.7 Å². The highest BCUT2D eigenvalue weighted by Crippen LogP contribution is 2.36. The molecule has 0 fully saturated rings. The number of rotatable bonds is 10. The molecule has 1 rings (SSSR count). The van der Waals surface area contributed by atoms with Crippen LogP contribution in [0.3, 0.4) is 0 Å². The number of alkyl halides is 1. The molecule has 0 heterocycles.